The molecule has 0 amide bonds. The predicted octanol–water partition coefficient (Wildman–Crippen LogP) is 2.35. The standard InChI is InChI=1S/C13H17BrN2O/c14-12-5-11(8-16-9-12)6-13(17)2-1-10-3-4-15-7-10/h5,8-10,15H,1-4,6-7H2. The minimum Gasteiger partial charge on any atom is -0.316 e. The monoisotopic (exact) mass is 296 g/mol. The molecule has 1 aromatic rings. The number of pyridine rings is 1. The summed E-state index contributed by atoms with van der Waals surface area (Å²) in [6.45, 7) is 2.18. The molecule has 1 aliphatic rings. The molecular formula is C13H17BrN2O. The third-order valence-corrected chi connectivity index (χ3v) is 3.59. The molecule has 1 unspecified atom stereocenters. The van der Waals surface area contributed by atoms with Gasteiger partial charge in [0.15, 0.2) is 0 Å². The third kappa shape index (κ3) is 4.21. The van der Waals surface area contributed by atoms with Crippen LogP contribution in [0.2, 0.25) is 0 Å². The molecule has 4 heteroatoms. The molecule has 17 heavy (non-hydrogen) atoms. The Morgan fingerprint density at radius 2 is 2.41 bits per heavy atom. The van der Waals surface area contributed by atoms with Crippen LogP contribution in [-0.2, 0) is 11.2 Å². The summed E-state index contributed by atoms with van der Waals surface area (Å²) in [6, 6.07) is 1.96. The quantitative estimate of drug-likeness (QED) is 0.907. The van der Waals surface area contributed by atoms with Crippen LogP contribution in [0.15, 0.2) is 22.9 Å². The molecule has 0 radical (unpaired) electrons. The Balaban J connectivity index is 1.76. The highest BCUT2D eigenvalue weighted by Gasteiger charge is 2.15. The number of hydrogen-bond donors (Lipinski definition) is 1. The normalized spacial score (nSPS) is 19.5. The first kappa shape index (κ1) is 12.7. The highest BCUT2D eigenvalue weighted by molar-refractivity contribution is 9.10. The molecule has 0 aromatic carbocycles. The lowest BCUT2D eigenvalue weighted by Crippen LogP contribution is -2.11. The molecule has 1 N–H and O–H groups in total. The van der Waals surface area contributed by atoms with E-state index in [2.05, 4.69) is 26.2 Å². The number of Topliss-reactive ketones (excluding diaryl/α,β-unsaturated/α-hetero) is 1. The second-order valence-electron chi connectivity index (χ2n) is 4.62. The summed E-state index contributed by atoms with van der Waals surface area (Å²) in [5, 5.41) is 3.33. The van der Waals surface area contributed by atoms with Crippen molar-refractivity contribution in [2.24, 2.45) is 5.92 Å². The predicted molar refractivity (Wildman–Crippen MR) is 70.9 cm³/mol. The van der Waals surface area contributed by atoms with E-state index in [4.69, 9.17) is 0 Å². The van der Waals surface area contributed by atoms with Gasteiger partial charge in [0.2, 0.25) is 0 Å². The van der Waals surface area contributed by atoms with Gasteiger partial charge in [-0.05, 0) is 59.4 Å². The van der Waals surface area contributed by atoms with Gasteiger partial charge in [-0.15, -0.1) is 0 Å². The van der Waals surface area contributed by atoms with Crippen LogP contribution >= 0.6 is 15.9 Å². The molecule has 0 aliphatic carbocycles. The summed E-state index contributed by atoms with van der Waals surface area (Å²) >= 11 is 3.36. The van der Waals surface area contributed by atoms with E-state index in [1.807, 2.05) is 6.07 Å². The summed E-state index contributed by atoms with van der Waals surface area (Å²) in [5.74, 6) is 1.01. The van der Waals surface area contributed by atoms with Crippen LogP contribution in [-0.4, -0.2) is 23.9 Å². The molecular weight excluding hydrogens is 280 g/mol. The van der Waals surface area contributed by atoms with E-state index in [9.17, 15) is 4.79 Å². The molecule has 92 valence electrons. The smallest absolute Gasteiger partial charge is 0.137 e. The lowest BCUT2D eigenvalue weighted by Gasteiger charge is -2.07. The van der Waals surface area contributed by atoms with Gasteiger partial charge in [-0.2, -0.15) is 0 Å². The van der Waals surface area contributed by atoms with Gasteiger partial charge in [0.05, 0.1) is 0 Å². The van der Waals surface area contributed by atoms with Crippen LogP contribution in [0.1, 0.15) is 24.8 Å². The van der Waals surface area contributed by atoms with Crippen LogP contribution in [0.4, 0.5) is 0 Å². The minimum atomic E-state index is 0.316. The Kier molecular flexibility index (Phi) is 4.68. The highest BCUT2D eigenvalue weighted by Crippen LogP contribution is 2.16. The van der Waals surface area contributed by atoms with Gasteiger partial charge in [-0.3, -0.25) is 9.78 Å². The molecule has 1 saturated heterocycles. The molecule has 1 atom stereocenters. The third-order valence-electron chi connectivity index (χ3n) is 3.16. The van der Waals surface area contributed by atoms with Crippen molar-refractivity contribution in [2.45, 2.75) is 25.7 Å². The Hall–Kier alpha value is -0.740. The van der Waals surface area contributed by atoms with Crippen molar-refractivity contribution in [3.63, 3.8) is 0 Å². The average Bonchev–Trinajstić information content (AvgIpc) is 2.79. The molecule has 2 rings (SSSR count). The topological polar surface area (TPSA) is 42.0 Å². The van der Waals surface area contributed by atoms with Gasteiger partial charge in [0.25, 0.3) is 0 Å². The van der Waals surface area contributed by atoms with Gasteiger partial charge in [0.1, 0.15) is 5.78 Å². The molecule has 2 heterocycles. The highest BCUT2D eigenvalue weighted by atomic mass is 79.9. The maximum absolute atomic E-state index is 11.8. The van der Waals surface area contributed by atoms with Gasteiger partial charge in [-0.25, -0.2) is 0 Å². The summed E-state index contributed by atoms with van der Waals surface area (Å²) < 4.78 is 0.933. The average molecular weight is 297 g/mol. The van der Waals surface area contributed by atoms with Crippen LogP contribution in [0.3, 0.4) is 0 Å². The van der Waals surface area contributed by atoms with Crippen molar-refractivity contribution in [2.75, 3.05) is 13.1 Å². The fraction of sp³-hybridized carbons (Fsp3) is 0.538. The second-order valence-corrected chi connectivity index (χ2v) is 5.54. The first-order valence-corrected chi connectivity index (χ1v) is 6.85. The SMILES string of the molecule is O=C(CCC1CCNC1)Cc1cncc(Br)c1. The van der Waals surface area contributed by atoms with Gasteiger partial charge < -0.3 is 5.32 Å². The number of ketones is 1. The number of rotatable bonds is 5. The van der Waals surface area contributed by atoms with Crippen molar-refractivity contribution < 1.29 is 4.79 Å². The zero-order valence-electron chi connectivity index (χ0n) is 9.79. The zero-order chi connectivity index (χ0) is 12.1. The van der Waals surface area contributed by atoms with E-state index in [0.29, 0.717) is 24.5 Å². The maximum Gasteiger partial charge on any atom is 0.137 e. The Morgan fingerprint density at radius 3 is 3.12 bits per heavy atom. The van der Waals surface area contributed by atoms with Crippen molar-refractivity contribution in [1.82, 2.24) is 10.3 Å². The molecule has 0 spiro atoms. The molecule has 1 fully saturated rings. The van der Waals surface area contributed by atoms with Crippen LogP contribution in [0.5, 0.6) is 0 Å². The zero-order valence-corrected chi connectivity index (χ0v) is 11.4. The first-order chi connectivity index (χ1) is 8.24. The lowest BCUT2D eigenvalue weighted by atomic mass is 9.99. The summed E-state index contributed by atoms with van der Waals surface area (Å²) in [4.78, 5) is 15.9. The second kappa shape index (κ2) is 6.26. The van der Waals surface area contributed by atoms with Gasteiger partial charge in [-0.1, -0.05) is 0 Å². The van der Waals surface area contributed by atoms with Crippen LogP contribution in [0, 0.1) is 5.92 Å². The molecule has 1 aliphatic heterocycles. The Morgan fingerprint density at radius 1 is 1.53 bits per heavy atom. The molecule has 0 bridgehead atoms. The van der Waals surface area contributed by atoms with E-state index < -0.39 is 0 Å². The van der Waals surface area contributed by atoms with E-state index in [0.717, 1.165) is 29.5 Å². The number of halogens is 1. The van der Waals surface area contributed by atoms with Crippen molar-refractivity contribution >= 4 is 21.7 Å². The van der Waals surface area contributed by atoms with Crippen LogP contribution < -0.4 is 5.32 Å². The first-order valence-electron chi connectivity index (χ1n) is 6.06. The fourth-order valence-electron chi connectivity index (χ4n) is 2.19. The lowest BCUT2D eigenvalue weighted by molar-refractivity contribution is -0.118. The number of aromatic nitrogens is 1. The van der Waals surface area contributed by atoms with Crippen molar-refractivity contribution in [3.05, 3.63) is 28.5 Å². The number of carbonyl (C=O) groups excluding carboxylic acids is 1. The largest absolute Gasteiger partial charge is 0.316 e. The van der Waals surface area contributed by atoms with Gasteiger partial charge in [0, 0.05) is 29.7 Å². The molecule has 3 nitrogen and oxygen atoms in total. The molecule has 1 aromatic heterocycles. The number of hydrogen-bond acceptors (Lipinski definition) is 3. The van der Waals surface area contributed by atoms with Crippen molar-refractivity contribution in [1.29, 1.82) is 0 Å². The maximum atomic E-state index is 11.8. The van der Waals surface area contributed by atoms with Crippen LogP contribution in [0.25, 0.3) is 0 Å². The van der Waals surface area contributed by atoms with E-state index in [1.165, 1.54) is 6.42 Å². The number of nitrogens with zero attached hydrogens (tertiary/aromatic N) is 1. The van der Waals surface area contributed by atoms with E-state index in [-0.39, 0.29) is 0 Å². The summed E-state index contributed by atoms with van der Waals surface area (Å²) in [6.07, 6.45) is 6.93. The van der Waals surface area contributed by atoms with E-state index in [1.54, 1.807) is 12.4 Å². The summed E-state index contributed by atoms with van der Waals surface area (Å²) in [7, 11) is 0. The Labute approximate surface area is 110 Å². The number of nitrogens with one attached hydrogen (secondary N) is 1. The fourth-order valence-corrected chi connectivity index (χ4v) is 2.61. The molecule has 0 saturated carbocycles. The Bertz CT molecular complexity index is 389. The van der Waals surface area contributed by atoms with Crippen molar-refractivity contribution in [3.8, 4) is 0 Å². The number of carbonyl (C=O) groups is 1. The van der Waals surface area contributed by atoms with E-state index >= 15 is 0 Å². The minimum absolute atomic E-state index is 0.316. The summed E-state index contributed by atoms with van der Waals surface area (Å²) in [5.41, 5.74) is 0.994. The van der Waals surface area contributed by atoms with Gasteiger partial charge >= 0.3 is 0 Å².